The molecule has 0 bridgehead atoms. The van der Waals surface area contributed by atoms with Crippen molar-refractivity contribution in [1.82, 2.24) is 0 Å². The molecular weight excluding hydrogens is 486 g/mol. The Morgan fingerprint density at radius 1 is 0.944 bits per heavy atom. The van der Waals surface area contributed by atoms with Gasteiger partial charge in [0.25, 0.3) is 0 Å². The lowest BCUT2D eigenvalue weighted by Crippen LogP contribution is -2.16. The zero-order valence-corrected chi connectivity index (χ0v) is 21.2. The predicted octanol–water partition coefficient (Wildman–Crippen LogP) is 3.49. The Morgan fingerprint density at radius 3 is 2.25 bits per heavy atom. The molecule has 0 aliphatic rings. The zero-order valence-electron chi connectivity index (χ0n) is 20.4. The normalized spacial score (nSPS) is 11.2. The lowest BCUT2D eigenvalue weighted by molar-refractivity contribution is -0.00864. The second-order valence-corrected chi connectivity index (χ2v) is 9.56. The number of nitrogen functional groups attached to an aromatic ring is 1. The van der Waals surface area contributed by atoms with Gasteiger partial charge in [-0.05, 0) is 35.9 Å². The van der Waals surface area contributed by atoms with Crippen molar-refractivity contribution in [3.05, 3.63) is 77.4 Å². The van der Waals surface area contributed by atoms with Crippen LogP contribution in [0.15, 0.2) is 70.5 Å². The number of hydrogen-bond acceptors (Lipinski definition) is 9. The Balaban J connectivity index is 2.17. The van der Waals surface area contributed by atoms with Gasteiger partial charge in [-0.1, -0.05) is 30.3 Å². The van der Waals surface area contributed by atoms with Crippen LogP contribution in [-0.2, 0) is 30.5 Å². The molecule has 0 fully saturated rings. The van der Waals surface area contributed by atoms with Gasteiger partial charge in [-0.2, -0.15) is 0 Å². The van der Waals surface area contributed by atoms with Crippen molar-refractivity contribution in [3.8, 4) is 11.5 Å². The summed E-state index contributed by atoms with van der Waals surface area (Å²) in [6.07, 6.45) is 0.242. The topological polar surface area (TPSA) is 123 Å². The fourth-order valence-electron chi connectivity index (χ4n) is 3.53. The first-order valence-electron chi connectivity index (χ1n) is 11.0. The largest absolute Gasteiger partial charge is 0.497 e. The molecule has 3 aromatic carbocycles. The third-order valence-electron chi connectivity index (χ3n) is 5.39. The summed E-state index contributed by atoms with van der Waals surface area (Å²) in [4.78, 5) is 12.5. The molecule has 36 heavy (non-hydrogen) atoms. The highest BCUT2D eigenvalue weighted by atomic mass is 32.2. The van der Waals surface area contributed by atoms with Gasteiger partial charge in [0, 0.05) is 19.1 Å². The SMILES string of the molecule is COCCOCOc1c(N)c(S(=O)(=O)c2ccc(OC)cc2)cc(C(=O)OC)c1Cc1ccccc1. The molecule has 3 aromatic rings. The van der Waals surface area contributed by atoms with Crippen molar-refractivity contribution < 1.29 is 36.9 Å². The summed E-state index contributed by atoms with van der Waals surface area (Å²) >= 11 is 0. The first kappa shape index (κ1) is 27.0. The van der Waals surface area contributed by atoms with Crippen LogP contribution in [0.1, 0.15) is 21.5 Å². The second kappa shape index (κ2) is 12.4. The molecule has 0 aliphatic carbocycles. The summed E-state index contributed by atoms with van der Waals surface area (Å²) in [7, 11) is 0.0980. The average Bonchev–Trinajstić information content (AvgIpc) is 2.90. The molecule has 3 rings (SSSR count). The van der Waals surface area contributed by atoms with E-state index in [1.54, 1.807) is 0 Å². The molecule has 9 nitrogen and oxygen atoms in total. The summed E-state index contributed by atoms with van der Waals surface area (Å²) in [6, 6.07) is 16.4. The quantitative estimate of drug-likeness (QED) is 0.167. The minimum Gasteiger partial charge on any atom is -0.497 e. The molecule has 0 aliphatic heterocycles. The van der Waals surface area contributed by atoms with Gasteiger partial charge in [0.05, 0.1) is 48.5 Å². The standard InChI is InChI=1S/C26H29NO8S/c1-31-13-14-34-17-35-25-21(15-18-7-5-4-6-8-18)22(26(28)33-3)16-23(24(25)27)36(29,30)20-11-9-19(32-2)10-12-20/h4-12,16H,13-15,17,27H2,1-3H3. The fraction of sp³-hybridized carbons (Fsp3) is 0.269. The van der Waals surface area contributed by atoms with E-state index in [1.807, 2.05) is 30.3 Å². The molecule has 0 spiro atoms. The first-order valence-corrected chi connectivity index (χ1v) is 12.5. The van der Waals surface area contributed by atoms with E-state index < -0.39 is 15.8 Å². The molecule has 0 amide bonds. The van der Waals surface area contributed by atoms with Gasteiger partial charge in [-0.25, -0.2) is 13.2 Å². The molecule has 0 saturated carbocycles. The molecular formula is C26H29NO8S. The minimum atomic E-state index is -4.14. The van der Waals surface area contributed by atoms with Crippen LogP contribution in [0.2, 0.25) is 0 Å². The van der Waals surface area contributed by atoms with Crippen molar-refractivity contribution in [1.29, 1.82) is 0 Å². The number of anilines is 1. The maximum atomic E-state index is 13.6. The summed E-state index contributed by atoms with van der Waals surface area (Å²) in [6.45, 7) is 0.356. The van der Waals surface area contributed by atoms with Crippen LogP contribution >= 0.6 is 0 Å². The average molecular weight is 516 g/mol. The van der Waals surface area contributed by atoms with Gasteiger partial charge < -0.3 is 29.4 Å². The van der Waals surface area contributed by atoms with E-state index in [2.05, 4.69) is 0 Å². The van der Waals surface area contributed by atoms with Crippen LogP contribution in [0.5, 0.6) is 11.5 Å². The van der Waals surface area contributed by atoms with Crippen LogP contribution in [-0.4, -0.2) is 55.7 Å². The number of esters is 1. The maximum Gasteiger partial charge on any atom is 0.338 e. The number of methoxy groups -OCH3 is 3. The molecule has 2 N–H and O–H groups in total. The number of sulfone groups is 1. The highest BCUT2D eigenvalue weighted by molar-refractivity contribution is 7.91. The maximum absolute atomic E-state index is 13.6. The lowest BCUT2D eigenvalue weighted by Gasteiger charge is -2.20. The van der Waals surface area contributed by atoms with Crippen LogP contribution in [0.3, 0.4) is 0 Å². The molecule has 0 heterocycles. The zero-order chi connectivity index (χ0) is 26.1. The van der Waals surface area contributed by atoms with Gasteiger partial charge in [0.1, 0.15) is 5.75 Å². The summed E-state index contributed by atoms with van der Waals surface area (Å²) in [5.74, 6) is -0.198. The van der Waals surface area contributed by atoms with Crippen molar-refractivity contribution in [3.63, 3.8) is 0 Å². The summed E-state index contributed by atoms with van der Waals surface area (Å²) in [5.41, 5.74) is 7.53. The van der Waals surface area contributed by atoms with Crippen molar-refractivity contribution >= 4 is 21.5 Å². The third kappa shape index (κ3) is 6.14. The van der Waals surface area contributed by atoms with Crippen LogP contribution in [0.4, 0.5) is 5.69 Å². The second-order valence-electron chi connectivity index (χ2n) is 7.64. The van der Waals surface area contributed by atoms with E-state index in [9.17, 15) is 13.2 Å². The van der Waals surface area contributed by atoms with Crippen molar-refractivity contribution in [2.45, 2.75) is 16.2 Å². The van der Waals surface area contributed by atoms with Crippen molar-refractivity contribution in [2.75, 3.05) is 47.1 Å². The number of carbonyl (C=O) groups is 1. The van der Waals surface area contributed by atoms with Crippen molar-refractivity contribution in [2.24, 2.45) is 0 Å². The van der Waals surface area contributed by atoms with E-state index >= 15 is 0 Å². The molecule has 0 unspecified atom stereocenters. The Kier molecular flexibility index (Phi) is 9.29. The van der Waals surface area contributed by atoms with Gasteiger partial charge in [0.15, 0.2) is 12.5 Å². The number of benzene rings is 3. The van der Waals surface area contributed by atoms with Crippen LogP contribution in [0, 0.1) is 0 Å². The number of nitrogens with two attached hydrogens (primary N) is 1. The molecule has 0 atom stereocenters. The molecule has 0 aromatic heterocycles. The van der Waals surface area contributed by atoms with Gasteiger partial charge in [0.2, 0.25) is 9.84 Å². The van der Waals surface area contributed by atoms with E-state index in [0.29, 0.717) is 17.9 Å². The van der Waals surface area contributed by atoms with Crippen LogP contribution in [0.25, 0.3) is 0 Å². The molecule has 10 heteroatoms. The van der Waals surface area contributed by atoms with Gasteiger partial charge in [-0.3, -0.25) is 0 Å². The minimum absolute atomic E-state index is 0.0227. The number of ether oxygens (including phenoxy) is 5. The van der Waals surface area contributed by atoms with E-state index in [1.165, 1.54) is 51.7 Å². The smallest absolute Gasteiger partial charge is 0.338 e. The first-order chi connectivity index (χ1) is 17.3. The predicted molar refractivity (Wildman–Crippen MR) is 133 cm³/mol. The van der Waals surface area contributed by atoms with Crippen LogP contribution < -0.4 is 15.2 Å². The Bertz CT molecular complexity index is 1280. The Morgan fingerprint density at radius 2 is 1.64 bits per heavy atom. The molecule has 0 saturated heterocycles. The van der Waals surface area contributed by atoms with E-state index in [-0.39, 0.29) is 46.6 Å². The number of carbonyl (C=O) groups excluding carboxylic acids is 1. The highest BCUT2D eigenvalue weighted by Gasteiger charge is 2.29. The van der Waals surface area contributed by atoms with E-state index in [4.69, 9.17) is 29.4 Å². The van der Waals surface area contributed by atoms with Gasteiger partial charge >= 0.3 is 5.97 Å². The van der Waals surface area contributed by atoms with Gasteiger partial charge in [-0.15, -0.1) is 0 Å². The molecule has 0 radical (unpaired) electrons. The number of hydrogen-bond donors (Lipinski definition) is 1. The van der Waals surface area contributed by atoms with E-state index in [0.717, 1.165) is 5.56 Å². The molecule has 192 valence electrons. The Hall–Kier alpha value is -3.60. The monoisotopic (exact) mass is 515 g/mol. The Labute approximate surface area is 210 Å². The number of rotatable bonds is 12. The summed E-state index contributed by atoms with van der Waals surface area (Å²) in [5, 5.41) is 0. The third-order valence-corrected chi connectivity index (χ3v) is 7.20. The summed E-state index contributed by atoms with van der Waals surface area (Å²) < 4.78 is 53.5. The fourth-order valence-corrected chi connectivity index (χ4v) is 4.93. The highest BCUT2D eigenvalue weighted by Crippen LogP contribution is 2.39. The lowest BCUT2D eigenvalue weighted by atomic mass is 9.97.